The van der Waals surface area contributed by atoms with Gasteiger partial charge in [0.1, 0.15) is 23.9 Å². The summed E-state index contributed by atoms with van der Waals surface area (Å²) >= 11 is 0. The second-order valence-electron chi connectivity index (χ2n) is 7.44. The van der Waals surface area contributed by atoms with Crippen LogP contribution in [0.2, 0.25) is 0 Å². The Kier molecular flexibility index (Phi) is 7.31. The molecule has 2 rings (SSSR count). The molecule has 0 unspecified atom stereocenters. The van der Waals surface area contributed by atoms with Gasteiger partial charge in [-0.3, -0.25) is 14.3 Å². The molecule has 0 aliphatic heterocycles. The normalized spacial score (nSPS) is 11.1. The Hall–Kier alpha value is -2.70. The highest BCUT2D eigenvalue weighted by Gasteiger charge is 2.16. The fourth-order valence-electron chi connectivity index (χ4n) is 3.28. The van der Waals surface area contributed by atoms with Gasteiger partial charge in [-0.05, 0) is 42.5 Å². The van der Waals surface area contributed by atoms with E-state index in [2.05, 4.69) is 31.8 Å². The fourth-order valence-corrected chi connectivity index (χ4v) is 3.28. The maximum Gasteiger partial charge on any atom is 0.330 e. The Morgan fingerprint density at radius 1 is 1.29 bits per heavy atom. The predicted molar refractivity (Wildman–Crippen MR) is 115 cm³/mol. The Bertz CT molecular complexity index is 915. The van der Waals surface area contributed by atoms with Gasteiger partial charge in [0.15, 0.2) is 0 Å². The molecule has 0 aliphatic carbocycles. The summed E-state index contributed by atoms with van der Waals surface area (Å²) < 4.78 is 7.27. The number of nitrogens with zero attached hydrogens (tertiary/aromatic N) is 2. The summed E-state index contributed by atoms with van der Waals surface area (Å²) in [7, 11) is 1.77. The third-order valence-electron chi connectivity index (χ3n) is 4.89. The number of H-pyrrole nitrogens is 1. The SMILES string of the molecule is CCCCn1c(N)c(N(C)CCOc2ccc(C(C)C)c(C)c2)c(=O)[nH]c1=O. The van der Waals surface area contributed by atoms with Crippen LogP contribution in [0.4, 0.5) is 11.5 Å². The molecule has 0 spiro atoms. The van der Waals surface area contributed by atoms with E-state index < -0.39 is 11.2 Å². The van der Waals surface area contributed by atoms with Gasteiger partial charge in [-0.15, -0.1) is 0 Å². The number of anilines is 2. The van der Waals surface area contributed by atoms with Gasteiger partial charge < -0.3 is 15.4 Å². The number of rotatable bonds is 9. The number of nitrogens with two attached hydrogens (primary N) is 1. The minimum Gasteiger partial charge on any atom is -0.492 e. The largest absolute Gasteiger partial charge is 0.492 e. The van der Waals surface area contributed by atoms with Gasteiger partial charge in [0.2, 0.25) is 0 Å². The zero-order valence-corrected chi connectivity index (χ0v) is 17.5. The third-order valence-corrected chi connectivity index (χ3v) is 4.89. The highest BCUT2D eigenvalue weighted by molar-refractivity contribution is 5.61. The molecule has 1 heterocycles. The number of unbranched alkanes of at least 4 members (excludes halogenated alkanes) is 1. The van der Waals surface area contributed by atoms with Gasteiger partial charge in [-0.1, -0.05) is 33.3 Å². The van der Waals surface area contributed by atoms with Crippen molar-refractivity contribution >= 4 is 11.5 Å². The minimum absolute atomic E-state index is 0.196. The van der Waals surface area contributed by atoms with Crippen LogP contribution in [0, 0.1) is 6.92 Å². The number of aromatic nitrogens is 2. The lowest BCUT2D eigenvalue weighted by Crippen LogP contribution is -2.38. The smallest absolute Gasteiger partial charge is 0.330 e. The number of likely N-dealkylation sites (N-methyl/N-ethyl adjacent to an activating group) is 1. The average molecular weight is 389 g/mol. The molecule has 1 aromatic carbocycles. The molecule has 0 atom stereocenters. The average Bonchev–Trinajstić information content (AvgIpc) is 2.61. The highest BCUT2D eigenvalue weighted by atomic mass is 16.5. The summed E-state index contributed by atoms with van der Waals surface area (Å²) in [4.78, 5) is 28.4. The first-order valence-corrected chi connectivity index (χ1v) is 9.83. The van der Waals surface area contributed by atoms with Crippen molar-refractivity contribution in [2.45, 2.75) is 53.0 Å². The molecule has 0 radical (unpaired) electrons. The van der Waals surface area contributed by atoms with E-state index in [0.717, 1.165) is 18.6 Å². The van der Waals surface area contributed by atoms with Crippen LogP contribution in [0.5, 0.6) is 5.75 Å². The number of hydrogen-bond donors (Lipinski definition) is 2. The zero-order chi connectivity index (χ0) is 20.8. The first-order valence-electron chi connectivity index (χ1n) is 9.83. The molecule has 1 aromatic heterocycles. The topological polar surface area (TPSA) is 93.3 Å². The van der Waals surface area contributed by atoms with E-state index in [9.17, 15) is 9.59 Å². The fraction of sp³-hybridized carbons (Fsp3) is 0.524. The Morgan fingerprint density at radius 2 is 2.00 bits per heavy atom. The first-order chi connectivity index (χ1) is 13.3. The van der Waals surface area contributed by atoms with Crippen LogP contribution in [-0.2, 0) is 6.54 Å². The van der Waals surface area contributed by atoms with Gasteiger partial charge >= 0.3 is 5.69 Å². The van der Waals surface area contributed by atoms with Gasteiger partial charge in [-0.2, -0.15) is 0 Å². The molecular formula is C21H32N4O3. The molecule has 0 saturated heterocycles. The van der Waals surface area contributed by atoms with E-state index in [0.29, 0.717) is 31.3 Å². The van der Waals surface area contributed by atoms with E-state index in [1.165, 1.54) is 15.7 Å². The zero-order valence-electron chi connectivity index (χ0n) is 17.5. The number of aromatic amines is 1. The third kappa shape index (κ3) is 4.97. The number of benzene rings is 1. The van der Waals surface area contributed by atoms with E-state index in [-0.39, 0.29) is 5.82 Å². The lowest BCUT2D eigenvalue weighted by Gasteiger charge is -2.22. The number of aryl methyl sites for hydroxylation is 1. The summed E-state index contributed by atoms with van der Waals surface area (Å²) in [6.07, 6.45) is 1.74. The monoisotopic (exact) mass is 388 g/mol. The maximum absolute atomic E-state index is 12.3. The van der Waals surface area contributed by atoms with Crippen molar-refractivity contribution in [1.29, 1.82) is 0 Å². The molecule has 28 heavy (non-hydrogen) atoms. The van der Waals surface area contributed by atoms with E-state index in [1.807, 2.05) is 19.1 Å². The molecule has 2 aromatic rings. The van der Waals surface area contributed by atoms with Crippen molar-refractivity contribution < 1.29 is 4.74 Å². The molecule has 7 heteroatoms. The van der Waals surface area contributed by atoms with Crippen molar-refractivity contribution in [1.82, 2.24) is 9.55 Å². The molecule has 0 aliphatic rings. The molecule has 0 fully saturated rings. The van der Waals surface area contributed by atoms with Gasteiger partial charge in [-0.25, -0.2) is 4.79 Å². The van der Waals surface area contributed by atoms with Crippen LogP contribution in [0.15, 0.2) is 27.8 Å². The quantitative estimate of drug-likeness (QED) is 0.689. The number of nitrogen functional groups attached to an aromatic ring is 1. The van der Waals surface area contributed by atoms with E-state index in [4.69, 9.17) is 10.5 Å². The van der Waals surface area contributed by atoms with Gasteiger partial charge in [0.25, 0.3) is 5.56 Å². The number of hydrogen-bond acceptors (Lipinski definition) is 5. The summed E-state index contributed by atoms with van der Waals surface area (Å²) in [6.45, 7) is 9.78. The Labute approximate surface area is 166 Å². The van der Waals surface area contributed by atoms with Crippen LogP contribution in [0.3, 0.4) is 0 Å². The minimum atomic E-state index is -0.477. The van der Waals surface area contributed by atoms with E-state index in [1.54, 1.807) is 11.9 Å². The van der Waals surface area contributed by atoms with Crippen LogP contribution >= 0.6 is 0 Å². The van der Waals surface area contributed by atoms with Crippen molar-refractivity contribution in [3.05, 3.63) is 50.2 Å². The summed E-state index contributed by atoms with van der Waals surface area (Å²) in [5.41, 5.74) is 7.99. The Balaban J connectivity index is 2.09. The van der Waals surface area contributed by atoms with Crippen LogP contribution < -0.4 is 26.6 Å². The van der Waals surface area contributed by atoms with Crippen LogP contribution in [-0.4, -0.2) is 29.8 Å². The number of nitrogens with one attached hydrogen (secondary N) is 1. The molecule has 154 valence electrons. The van der Waals surface area contributed by atoms with Crippen molar-refractivity contribution in [2.75, 3.05) is 30.8 Å². The Morgan fingerprint density at radius 3 is 2.61 bits per heavy atom. The molecule has 3 N–H and O–H groups in total. The predicted octanol–water partition coefficient (Wildman–Crippen LogP) is 2.87. The van der Waals surface area contributed by atoms with Crippen molar-refractivity contribution in [2.24, 2.45) is 0 Å². The first kappa shape index (κ1) is 21.6. The number of ether oxygens (including phenoxy) is 1. The lowest BCUT2D eigenvalue weighted by molar-refractivity contribution is 0.325. The lowest BCUT2D eigenvalue weighted by atomic mass is 9.98. The standard InChI is InChI=1S/C21H32N4O3/c1-6-7-10-25-19(22)18(20(26)23-21(25)27)24(5)11-12-28-16-8-9-17(14(2)3)15(4)13-16/h8-9,13-14H,6-7,10-12,22H2,1-5H3,(H,23,26,27). The second-order valence-corrected chi connectivity index (χ2v) is 7.44. The van der Waals surface area contributed by atoms with Gasteiger partial charge in [0.05, 0.1) is 6.54 Å². The summed E-state index contributed by atoms with van der Waals surface area (Å²) in [5.74, 6) is 1.46. The highest BCUT2D eigenvalue weighted by Crippen LogP contribution is 2.23. The molecular weight excluding hydrogens is 356 g/mol. The van der Waals surface area contributed by atoms with Crippen molar-refractivity contribution in [3.8, 4) is 5.75 Å². The molecule has 0 amide bonds. The summed E-state index contributed by atoms with van der Waals surface area (Å²) in [5, 5.41) is 0. The molecule has 7 nitrogen and oxygen atoms in total. The summed E-state index contributed by atoms with van der Waals surface area (Å²) in [6, 6.07) is 6.08. The van der Waals surface area contributed by atoms with E-state index >= 15 is 0 Å². The van der Waals surface area contributed by atoms with Crippen LogP contribution in [0.25, 0.3) is 0 Å². The molecule has 0 saturated carbocycles. The molecule has 0 bridgehead atoms. The van der Waals surface area contributed by atoms with Crippen molar-refractivity contribution in [3.63, 3.8) is 0 Å². The second kappa shape index (κ2) is 9.48. The van der Waals surface area contributed by atoms with Crippen LogP contribution in [0.1, 0.15) is 50.7 Å². The maximum atomic E-state index is 12.3. The van der Waals surface area contributed by atoms with Gasteiger partial charge in [0, 0.05) is 13.6 Å².